The average molecular weight is 962 g/mol. The van der Waals surface area contributed by atoms with E-state index in [9.17, 15) is 0 Å². The van der Waals surface area contributed by atoms with Crippen molar-refractivity contribution >= 4 is 75.7 Å². The highest BCUT2D eigenvalue weighted by Gasteiger charge is 2.53. The molecule has 0 radical (unpaired) electrons. The van der Waals surface area contributed by atoms with Gasteiger partial charge in [-0.25, -0.2) is 0 Å². The second kappa shape index (κ2) is 15.7. The van der Waals surface area contributed by atoms with Gasteiger partial charge in [0.05, 0.1) is 11.5 Å². The first kappa shape index (κ1) is 41.9. The summed E-state index contributed by atoms with van der Waals surface area (Å²) < 4.78 is 2.54. The quantitative estimate of drug-likeness (QED) is 0.122. The largest absolute Gasteiger partial charge is 0.333 e. The molecule has 1 spiro atoms. The molecule has 17 rings (SSSR count). The van der Waals surface area contributed by atoms with Crippen LogP contribution >= 0.6 is 0 Å². The Bertz CT molecular complexity index is 4820. The molecular weight excluding hydrogens is 915 g/mol. The van der Waals surface area contributed by atoms with Crippen LogP contribution in [0.5, 0.6) is 0 Å². The van der Waals surface area contributed by atoms with E-state index >= 15 is 0 Å². The van der Waals surface area contributed by atoms with Crippen LogP contribution in [0.4, 0.5) is 0 Å². The van der Waals surface area contributed by atoms with E-state index in [0.29, 0.717) is 0 Å². The van der Waals surface area contributed by atoms with E-state index in [1.807, 2.05) is 0 Å². The summed E-state index contributed by atoms with van der Waals surface area (Å²) in [5.41, 5.74) is 20.3. The van der Waals surface area contributed by atoms with Gasteiger partial charge in [-0.05, 0) is 169 Å². The highest BCUT2D eigenvalue weighted by molar-refractivity contribution is 6.25. The van der Waals surface area contributed by atoms with Crippen molar-refractivity contribution in [3.05, 3.63) is 289 Å². The molecule has 76 heavy (non-hydrogen) atoms. The molecule has 1 aromatic heterocycles. The molecule has 0 aliphatic heterocycles. The van der Waals surface area contributed by atoms with Crippen LogP contribution in [-0.4, -0.2) is 4.57 Å². The zero-order valence-electron chi connectivity index (χ0n) is 41.6. The average Bonchev–Trinajstić information content (AvgIpc) is 3.78. The predicted octanol–water partition coefficient (Wildman–Crippen LogP) is 20.0. The molecule has 3 aliphatic rings. The molecule has 1 heteroatoms. The van der Waals surface area contributed by atoms with Crippen LogP contribution in [0.2, 0.25) is 0 Å². The Morgan fingerprint density at radius 2 is 0.855 bits per heavy atom. The van der Waals surface area contributed by atoms with Crippen molar-refractivity contribution in [2.75, 3.05) is 0 Å². The Kier molecular flexibility index (Phi) is 8.66. The van der Waals surface area contributed by atoms with Crippen molar-refractivity contribution in [2.24, 2.45) is 0 Å². The summed E-state index contributed by atoms with van der Waals surface area (Å²) in [5, 5.41) is 15.4. The Morgan fingerprint density at radius 3 is 1.55 bits per heavy atom. The summed E-state index contributed by atoms with van der Waals surface area (Å²) in [7, 11) is 0. The van der Waals surface area contributed by atoms with Gasteiger partial charge in [-0.1, -0.05) is 237 Å². The summed E-state index contributed by atoms with van der Waals surface area (Å²) in [4.78, 5) is 0. The lowest BCUT2D eigenvalue weighted by atomic mass is 9.69. The van der Waals surface area contributed by atoms with Crippen LogP contribution < -0.4 is 0 Å². The maximum Gasteiger partial charge on any atom is 0.0732 e. The molecule has 1 heterocycles. The van der Waals surface area contributed by atoms with Gasteiger partial charge in [0.25, 0.3) is 0 Å². The van der Waals surface area contributed by atoms with Crippen LogP contribution in [-0.2, 0) is 5.41 Å². The Balaban J connectivity index is 0.874. The van der Waals surface area contributed by atoms with Crippen LogP contribution in [0.25, 0.3) is 131 Å². The summed E-state index contributed by atoms with van der Waals surface area (Å²) in [6, 6.07) is 92.6. The first-order chi connectivity index (χ1) is 37.7. The molecule has 0 saturated carbocycles. The third-order valence-corrected chi connectivity index (χ3v) is 17.6. The van der Waals surface area contributed by atoms with Crippen molar-refractivity contribution in [1.29, 1.82) is 0 Å². The van der Waals surface area contributed by atoms with E-state index in [2.05, 4.69) is 272 Å². The number of fused-ring (bicyclic) bond motifs is 22. The zero-order valence-corrected chi connectivity index (χ0v) is 41.6. The molecule has 0 bridgehead atoms. The summed E-state index contributed by atoms with van der Waals surface area (Å²) in [5.74, 6) is 0. The van der Waals surface area contributed by atoms with Gasteiger partial charge in [0, 0.05) is 21.8 Å². The van der Waals surface area contributed by atoms with Crippen LogP contribution in [0.3, 0.4) is 0 Å². The fraction of sp³-hybridized carbons (Fsp3) is 0.0400. The third kappa shape index (κ3) is 5.54. The first-order valence-corrected chi connectivity index (χ1v) is 26.9. The van der Waals surface area contributed by atoms with Gasteiger partial charge in [-0.2, -0.15) is 0 Å². The number of para-hydroxylation sites is 1. The van der Waals surface area contributed by atoms with Crippen molar-refractivity contribution < 1.29 is 0 Å². The SMILES string of the molecule is C1=CCC(n2c3ccccc3c3cc(-c4c5ccccc5c(-c5cccc(-c6ccc7c8c(c9ccccc9c7c6)-c6c(ccc7ccccc67)C86c7ccccc7-c7ccccc76)c5)c5ccccc45)ccc32)C=C1. The minimum atomic E-state index is -0.491. The number of allylic oxidation sites excluding steroid dienone is 4. The third-order valence-electron chi connectivity index (χ3n) is 17.6. The van der Waals surface area contributed by atoms with E-state index in [1.165, 1.54) is 154 Å². The second-order valence-corrected chi connectivity index (χ2v) is 21.3. The van der Waals surface area contributed by atoms with Crippen molar-refractivity contribution in [3.63, 3.8) is 0 Å². The van der Waals surface area contributed by atoms with Gasteiger partial charge < -0.3 is 4.57 Å². The molecule has 1 unspecified atom stereocenters. The lowest BCUT2D eigenvalue weighted by molar-refractivity contribution is 0.648. The number of nitrogens with zero attached hydrogens (tertiary/aromatic N) is 1. The van der Waals surface area contributed by atoms with Gasteiger partial charge in [-0.3, -0.25) is 0 Å². The molecule has 0 fully saturated rings. The van der Waals surface area contributed by atoms with E-state index in [-0.39, 0.29) is 6.04 Å². The normalized spacial score (nSPS) is 14.9. The van der Waals surface area contributed by atoms with E-state index in [0.717, 1.165) is 6.42 Å². The summed E-state index contributed by atoms with van der Waals surface area (Å²) in [6.45, 7) is 0. The van der Waals surface area contributed by atoms with Crippen molar-refractivity contribution in [1.82, 2.24) is 4.57 Å². The number of benzene rings is 13. The van der Waals surface area contributed by atoms with Crippen LogP contribution in [0.1, 0.15) is 34.7 Å². The number of rotatable bonds is 4. The van der Waals surface area contributed by atoms with E-state index in [4.69, 9.17) is 0 Å². The van der Waals surface area contributed by atoms with Gasteiger partial charge in [0.1, 0.15) is 0 Å². The maximum absolute atomic E-state index is 2.54. The highest BCUT2D eigenvalue weighted by atomic mass is 15.0. The summed E-state index contributed by atoms with van der Waals surface area (Å²) in [6.07, 6.45) is 9.97. The Morgan fingerprint density at radius 1 is 0.316 bits per heavy atom. The van der Waals surface area contributed by atoms with E-state index < -0.39 is 5.41 Å². The standard InChI is InChI=1S/C75H47N/c1-2-22-51(23-3-1)76-68-36-17-14-28-56(68)64-45-50(39-42-69(64)76)71-60-32-10-8-30-58(60)70(59-31-9-11-33-61(59)71)49-21-18-20-47(43-49)48-37-40-62-63(44-48)53-25-6-7-29-57(53)73-72-52-24-5-4-19-46(52)38-41-67(72)75(74(62)73)65-34-15-12-26-54(65)55-27-13-16-35-66(55)75/h1-22,24-45,51H,23H2. The second-order valence-electron chi connectivity index (χ2n) is 21.3. The number of hydrogen-bond donors (Lipinski definition) is 0. The van der Waals surface area contributed by atoms with Crippen LogP contribution in [0.15, 0.2) is 267 Å². The molecule has 3 aliphatic carbocycles. The monoisotopic (exact) mass is 961 g/mol. The minimum Gasteiger partial charge on any atom is -0.333 e. The fourth-order valence-corrected chi connectivity index (χ4v) is 14.7. The first-order valence-electron chi connectivity index (χ1n) is 26.9. The number of aromatic nitrogens is 1. The molecule has 1 atom stereocenters. The Hall–Kier alpha value is -9.56. The van der Waals surface area contributed by atoms with Gasteiger partial charge >= 0.3 is 0 Å². The molecule has 13 aromatic carbocycles. The Labute approximate surface area is 440 Å². The van der Waals surface area contributed by atoms with Crippen LogP contribution in [0, 0.1) is 0 Å². The van der Waals surface area contributed by atoms with Gasteiger partial charge in [0.15, 0.2) is 0 Å². The fourth-order valence-electron chi connectivity index (χ4n) is 14.7. The lowest BCUT2D eigenvalue weighted by Gasteiger charge is -2.32. The predicted molar refractivity (Wildman–Crippen MR) is 322 cm³/mol. The van der Waals surface area contributed by atoms with Gasteiger partial charge in [-0.15, -0.1) is 0 Å². The molecule has 352 valence electrons. The lowest BCUT2D eigenvalue weighted by Crippen LogP contribution is -2.26. The summed E-state index contributed by atoms with van der Waals surface area (Å²) >= 11 is 0. The van der Waals surface area contributed by atoms with Crippen molar-refractivity contribution in [2.45, 2.75) is 17.9 Å². The topological polar surface area (TPSA) is 4.93 Å². The minimum absolute atomic E-state index is 0.281. The molecule has 0 N–H and O–H groups in total. The zero-order chi connectivity index (χ0) is 49.6. The molecule has 1 nitrogen and oxygen atoms in total. The number of hydrogen-bond acceptors (Lipinski definition) is 0. The maximum atomic E-state index is 2.54. The van der Waals surface area contributed by atoms with Gasteiger partial charge in [0.2, 0.25) is 0 Å². The molecule has 0 saturated heterocycles. The van der Waals surface area contributed by atoms with E-state index in [1.54, 1.807) is 0 Å². The van der Waals surface area contributed by atoms with Crippen molar-refractivity contribution in [3.8, 4) is 55.6 Å². The smallest absolute Gasteiger partial charge is 0.0732 e. The molecule has 14 aromatic rings. The molecular formula is C75H47N. The highest BCUT2D eigenvalue weighted by Crippen LogP contribution is 2.66. The molecule has 0 amide bonds.